The van der Waals surface area contributed by atoms with Crippen LogP contribution in [0, 0.1) is 12.8 Å². The van der Waals surface area contributed by atoms with E-state index in [2.05, 4.69) is 9.59 Å². The Morgan fingerprint density at radius 1 is 1.64 bits per heavy atom. The Bertz CT molecular complexity index is 297. The molecule has 0 radical (unpaired) electrons. The van der Waals surface area contributed by atoms with Crippen molar-refractivity contribution >= 4 is 11.5 Å². The van der Waals surface area contributed by atoms with Crippen LogP contribution in [0.1, 0.15) is 29.5 Å². The molecule has 1 aromatic heterocycles. The third-order valence-electron chi connectivity index (χ3n) is 2.60. The lowest BCUT2D eigenvalue weighted by atomic mass is 9.94. The number of hydrogen-bond acceptors (Lipinski definition) is 5. The maximum Gasteiger partial charge on any atom is 0.0966 e. The molecule has 0 spiro atoms. The second kappa shape index (κ2) is 4.33. The molecule has 0 saturated carbocycles. The Balaban J connectivity index is 2.07. The molecule has 4 nitrogen and oxygen atoms in total. The summed E-state index contributed by atoms with van der Waals surface area (Å²) in [6, 6.07) is 0. The molecule has 1 aromatic rings. The van der Waals surface area contributed by atoms with E-state index in [1.807, 2.05) is 6.92 Å². The van der Waals surface area contributed by atoms with E-state index >= 15 is 0 Å². The molecule has 0 aromatic carbocycles. The van der Waals surface area contributed by atoms with Gasteiger partial charge in [-0.05, 0) is 31.3 Å². The van der Waals surface area contributed by atoms with Gasteiger partial charge < -0.3 is 9.84 Å². The lowest BCUT2D eigenvalue weighted by molar-refractivity contribution is -0.00890. The monoisotopic (exact) mass is 214 g/mol. The summed E-state index contributed by atoms with van der Waals surface area (Å²) in [7, 11) is 0. The average Bonchev–Trinajstić information content (AvgIpc) is 2.65. The van der Waals surface area contributed by atoms with Crippen molar-refractivity contribution in [3.63, 3.8) is 0 Å². The van der Waals surface area contributed by atoms with Gasteiger partial charge in [0.25, 0.3) is 0 Å². The molecule has 0 aliphatic carbocycles. The van der Waals surface area contributed by atoms with Crippen molar-refractivity contribution in [2.45, 2.75) is 25.9 Å². The summed E-state index contributed by atoms with van der Waals surface area (Å²) in [5.41, 5.74) is 0.841. The lowest BCUT2D eigenvalue weighted by Gasteiger charge is -2.25. The summed E-state index contributed by atoms with van der Waals surface area (Å²) in [5.74, 6) is 0.213. The number of aryl methyl sites for hydroxylation is 1. The van der Waals surface area contributed by atoms with Crippen molar-refractivity contribution in [3.05, 3.63) is 10.6 Å². The van der Waals surface area contributed by atoms with E-state index < -0.39 is 6.10 Å². The molecule has 1 aliphatic rings. The molecule has 1 fully saturated rings. The zero-order chi connectivity index (χ0) is 9.97. The summed E-state index contributed by atoms with van der Waals surface area (Å²) in [4.78, 5) is 0.889. The van der Waals surface area contributed by atoms with Crippen molar-refractivity contribution in [1.29, 1.82) is 0 Å². The molecule has 2 heterocycles. The van der Waals surface area contributed by atoms with Gasteiger partial charge in [-0.1, -0.05) is 4.49 Å². The smallest absolute Gasteiger partial charge is 0.0966 e. The molecule has 0 amide bonds. The minimum Gasteiger partial charge on any atom is -0.387 e. The molecule has 1 saturated heterocycles. The second-order valence-electron chi connectivity index (χ2n) is 3.64. The molecule has 2 atom stereocenters. The number of aromatic nitrogens is 2. The first-order valence-corrected chi connectivity index (χ1v) is 5.61. The Morgan fingerprint density at radius 2 is 2.50 bits per heavy atom. The minimum absolute atomic E-state index is 0.213. The van der Waals surface area contributed by atoms with Crippen LogP contribution in [0.25, 0.3) is 0 Å². The van der Waals surface area contributed by atoms with Crippen molar-refractivity contribution in [3.8, 4) is 0 Å². The summed E-state index contributed by atoms with van der Waals surface area (Å²) < 4.78 is 9.17. The van der Waals surface area contributed by atoms with Gasteiger partial charge >= 0.3 is 0 Å². The highest BCUT2D eigenvalue weighted by atomic mass is 32.1. The fourth-order valence-corrected chi connectivity index (χ4v) is 2.46. The van der Waals surface area contributed by atoms with Crippen LogP contribution in [0.4, 0.5) is 0 Å². The summed E-state index contributed by atoms with van der Waals surface area (Å²) in [6.45, 7) is 3.35. The van der Waals surface area contributed by atoms with Crippen molar-refractivity contribution in [2.24, 2.45) is 5.92 Å². The van der Waals surface area contributed by atoms with Crippen LogP contribution in [0.15, 0.2) is 0 Å². The molecule has 14 heavy (non-hydrogen) atoms. The average molecular weight is 214 g/mol. The molecule has 0 bridgehead atoms. The van der Waals surface area contributed by atoms with Gasteiger partial charge in [-0.25, -0.2) is 0 Å². The van der Waals surface area contributed by atoms with Gasteiger partial charge in [0.2, 0.25) is 0 Å². The van der Waals surface area contributed by atoms with E-state index in [9.17, 15) is 5.11 Å². The first-order chi connectivity index (χ1) is 6.79. The van der Waals surface area contributed by atoms with E-state index in [0.717, 1.165) is 30.0 Å². The number of ether oxygens (including phenoxy) is 1. The predicted molar refractivity (Wildman–Crippen MR) is 53.1 cm³/mol. The molecular formula is C9H14N2O2S. The minimum atomic E-state index is -0.449. The van der Waals surface area contributed by atoms with Crippen LogP contribution >= 0.6 is 11.5 Å². The van der Waals surface area contributed by atoms with Gasteiger partial charge in [-0.15, -0.1) is 5.10 Å². The first-order valence-electron chi connectivity index (χ1n) is 4.83. The Hall–Kier alpha value is -0.520. The molecule has 2 rings (SSSR count). The van der Waals surface area contributed by atoms with Gasteiger partial charge in [-0.2, -0.15) is 0 Å². The van der Waals surface area contributed by atoms with E-state index in [4.69, 9.17) is 4.74 Å². The standard InChI is InChI=1S/C9H14N2O2S/c1-6-9(14-11-10-6)8(12)7-3-2-4-13-5-7/h7-8,12H,2-5H2,1H3. The number of rotatable bonds is 2. The van der Waals surface area contributed by atoms with Crippen LogP contribution in [0.2, 0.25) is 0 Å². The quantitative estimate of drug-likeness (QED) is 0.806. The van der Waals surface area contributed by atoms with Crippen molar-refractivity contribution in [1.82, 2.24) is 9.59 Å². The van der Waals surface area contributed by atoms with Crippen LogP contribution in [0.3, 0.4) is 0 Å². The van der Waals surface area contributed by atoms with E-state index in [-0.39, 0.29) is 5.92 Å². The largest absolute Gasteiger partial charge is 0.387 e. The third-order valence-corrected chi connectivity index (χ3v) is 3.49. The van der Waals surface area contributed by atoms with Crippen molar-refractivity contribution in [2.75, 3.05) is 13.2 Å². The maximum atomic E-state index is 10.1. The number of aliphatic hydroxyl groups excluding tert-OH is 1. The normalized spacial score (nSPS) is 24.9. The van der Waals surface area contributed by atoms with Gasteiger partial charge in [0.15, 0.2) is 0 Å². The van der Waals surface area contributed by atoms with E-state index in [1.54, 1.807) is 0 Å². The number of nitrogens with zero attached hydrogens (tertiary/aromatic N) is 2. The Morgan fingerprint density at radius 3 is 3.07 bits per heavy atom. The molecule has 5 heteroatoms. The maximum absolute atomic E-state index is 10.1. The zero-order valence-electron chi connectivity index (χ0n) is 8.14. The first kappa shape index (κ1) is 10.0. The number of hydrogen-bond donors (Lipinski definition) is 1. The van der Waals surface area contributed by atoms with Crippen LogP contribution in [0.5, 0.6) is 0 Å². The van der Waals surface area contributed by atoms with Gasteiger partial charge in [0, 0.05) is 12.5 Å². The highest BCUT2D eigenvalue weighted by molar-refractivity contribution is 7.05. The SMILES string of the molecule is Cc1nnsc1C(O)C1CCCOC1. The second-order valence-corrected chi connectivity index (χ2v) is 4.43. The van der Waals surface area contributed by atoms with Crippen LogP contribution in [-0.2, 0) is 4.74 Å². The summed E-state index contributed by atoms with van der Waals surface area (Å²) in [5, 5.41) is 14.0. The van der Waals surface area contributed by atoms with Gasteiger partial charge in [-0.3, -0.25) is 0 Å². The van der Waals surface area contributed by atoms with Gasteiger partial charge in [0.1, 0.15) is 0 Å². The lowest BCUT2D eigenvalue weighted by Crippen LogP contribution is -2.23. The third kappa shape index (κ3) is 1.94. The molecule has 78 valence electrons. The molecule has 2 unspecified atom stereocenters. The molecule has 1 aliphatic heterocycles. The Kier molecular flexibility index (Phi) is 3.10. The zero-order valence-corrected chi connectivity index (χ0v) is 8.96. The highest BCUT2D eigenvalue weighted by Crippen LogP contribution is 2.31. The number of aliphatic hydroxyl groups is 1. The van der Waals surface area contributed by atoms with Crippen LogP contribution in [-0.4, -0.2) is 27.9 Å². The molecule has 1 N–H and O–H groups in total. The Labute approximate surface area is 87.1 Å². The highest BCUT2D eigenvalue weighted by Gasteiger charge is 2.26. The van der Waals surface area contributed by atoms with Gasteiger partial charge in [0.05, 0.1) is 23.3 Å². The summed E-state index contributed by atoms with van der Waals surface area (Å²) >= 11 is 1.28. The topological polar surface area (TPSA) is 55.2 Å². The van der Waals surface area contributed by atoms with E-state index in [0.29, 0.717) is 6.61 Å². The fourth-order valence-electron chi connectivity index (χ4n) is 1.74. The van der Waals surface area contributed by atoms with Crippen LogP contribution < -0.4 is 0 Å². The fraction of sp³-hybridized carbons (Fsp3) is 0.778. The van der Waals surface area contributed by atoms with E-state index in [1.165, 1.54) is 11.5 Å². The predicted octanol–water partition coefficient (Wildman–Crippen LogP) is 1.31. The van der Waals surface area contributed by atoms with Crippen molar-refractivity contribution < 1.29 is 9.84 Å². The summed E-state index contributed by atoms with van der Waals surface area (Å²) in [6.07, 6.45) is 1.61. The molecular weight excluding hydrogens is 200 g/mol.